The molecule has 2 aromatic carbocycles. The van der Waals surface area contributed by atoms with E-state index in [1.807, 2.05) is 31.2 Å². The molecule has 0 bridgehead atoms. The first-order valence-corrected chi connectivity index (χ1v) is 10.0. The number of ether oxygens (including phenoxy) is 3. The minimum atomic E-state index is -0.321. The number of benzene rings is 2. The van der Waals surface area contributed by atoms with Crippen LogP contribution in [0.2, 0.25) is 0 Å². The van der Waals surface area contributed by atoms with Crippen LogP contribution < -0.4 is 20.1 Å². The summed E-state index contributed by atoms with van der Waals surface area (Å²) in [6, 6.07) is 14.4. The van der Waals surface area contributed by atoms with E-state index in [0.29, 0.717) is 55.1 Å². The minimum Gasteiger partial charge on any atom is -0.491 e. The molecule has 0 fully saturated rings. The van der Waals surface area contributed by atoms with E-state index < -0.39 is 0 Å². The number of para-hydroxylation sites is 2. The van der Waals surface area contributed by atoms with Crippen LogP contribution >= 0.6 is 12.2 Å². The summed E-state index contributed by atoms with van der Waals surface area (Å²) in [5.41, 5.74) is 1.15. The zero-order chi connectivity index (χ0) is 21.1. The molecule has 0 heterocycles. The van der Waals surface area contributed by atoms with Crippen molar-refractivity contribution in [2.45, 2.75) is 20.8 Å². The first kappa shape index (κ1) is 22.6. The summed E-state index contributed by atoms with van der Waals surface area (Å²) in [5, 5.41) is 5.90. The number of rotatable bonds is 10. The van der Waals surface area contributed by atoms with E-state index in [1.165, 1.54) is 0 Å². The lowest BCUT2D eigenvalue weighted by molar-refractivity contribution is 0.0976. The van der Waals surface area contributed by atoms with Gasteiger partial charge in [0.1, 0.15) is 18.1 Å². The van der Waals surface area contributed by atoms with Crippen LogP contribution in [0.1, 0.15) is 31.1 Å². The van der Waals surface area contributed by atoms with Crippen LogP contribution in [0.15, 0.2) is 48.5 Å². The largest absolute Gasteiger partial charge is 0.491 e. The van der Waals surface area contributed by atoms with Crippen LogP contribution in [-0.4, -0.2) is 37.4 Å². The maximum atomic E-state index is 12.5. The lowest BCUT2D eigenvalue weighted by atomic mass is 10.2. The van der Waals surface area contributed by atoms with E-state index in [9.17, 15) is 4.79 Å². The van der Waals surface area contributed by atoms with Crippen molar-refractivity contribution in [2.75, 3.05) is 31.7 Å². The minimum absolute atomic E-state index is 0.193. The Kier molecular flexibility index (Phi) is 9.40. The monoisotopic (exact) mass is 416 g/mol. The van der Waals surface area contributed by atoms with Gasteiger partial charge >= 0.3 is 0 Å². The lowest BCUT2D eigenvalue weighted by Crippen LogP contribution is -2.34. The van der Waals surface area contributed by atoms with Gasteiger partial charge in [-0.2, -0.15) is 0 Å². The van der Waals surface area contributed by atoms with Crippen molar-refractivity contribution in [2.24, 2.45) is 5.92 Å². The Morgan fingerprint density at radius 3 is 2.62 bits per heavy atom. The highest BCUT2D eigenvalue weighted by Crippen LogP contribution is 2.24. The van der Waals surface area contributed by atoms with Crippen LogP contribution in [0.3, 0.4) is 0 Å². The average molecular weight is 417 g/mol. The van der Waals surface area contributed by atoms with Crippen molar-refractivity contribution >= 4 is 28.9 Å². The zero-order valence-electron chi connectivity index (χ0n) is 17.1. The molecule has 0 aromatic heterocycles. The quantitative estimate of drug-likeness (QED) is 0.445. The second kappa shape index (κ2) is 12.0. The third-order valence-electron chi connectivity index (χ3n) is 3.73. The number of nitrogens with one attached hydrogen (secondary N) is 2. The molecule has 0 saturated carbocycles. The van der Waals surface area contributed by atoms with Crippen LogP contribution in [0, 0.1) is 5.92 Å². The highest BCUT2D eigenvalue weighted by atomic mass is 32.1. The van der Waals surface area contributed by atoms with Crippen LogP contribution in [0.5, 0.6) is 11.5 Å². The molecule has 0 unspecified atom stereocenters. The van der Waals surface area contributed by atoms with Gasteiger partial charge in [-0.15, -0.1) is 0 Å². The van der Waals surface area contributed by atoms with Crippen molar-refractivity contribution in [3.05, 3.63) is 54.1 Å². The molecule has 0 radical (unpaired) electrons. The Labute approximate surface area is 177 Å². The van der Waals surface area contributed by atoms with Gasteiger partial charge in [0.05, 0.1) is 18.9 Å². The molecule has 0 saturated heterocycles. The summed E-state index contributed by atoms with van der Waals surface area (Å²) in [6.45, 7) is 8.24. The maximum absolute atomic E-state index is 12.5. The fraction of sp³-hybridized carbons (Fsp3) is 0.364. The smallest absolute Gasteiger partial charge is 0.257 e. The first-order chi connectivity index (χ1) is 14.0. The second-order valence-corrected chi connectivity index (χ2v) is 7.09. The number of thiocarbonyl (C=S) groups is 1. The topological polar surface area (TPSA) is 68.8 Å². The van der Waals surface area contributed by atoms with Crippen molar-refractivity contribution < 1.29 is 19.0 Å². The van der Waals surface area contributed by atoms with E-state index in [1.54, 1.807) is 24.3 Å². The summed E-state index contributed by atoms with van der Waals surface area (Å²) in [6.07, 6.45) is 0. The van der Waals surface area contributed by atoms with E-state index in [-0.39, 0.29) is 11.0 Å². The van der Waals surface area contributed by atoms with E-state index >= 15 is 0 Å². The Hall–Kier alpha value is -2.64. The number of amides is 1. The average Bonchev–Trinajstić information content (AvgIpc) is 2.70. The fourth-order valence-corrected chi connectivity index (χ4v) is 2.57. The maximum Gasteiger partial charge on any atom is 0.257 e. The normalized spacial score (nSPS) is 10.5. The molecule has 0 spiro atoms. The highest BCUT2D eigenvalue weighted by molar-refractivity contribution is 7.80. The van der Waals surface area contributed by atoms with Gasteiger partial charge in [0.15, 0.2) is 5.11 Å². The summed E-state index contributed by atoms with van der Waals surface area (Å²) in [7, 11) is 0. The predicted molar refractivity (Wildman–Crippen MR) is 119 cm³/mol. The van der Waals surface area contributed by atoms with Gasteiger partial charge in [-0.1, -0.05) is 32.0 Å². The molecule has 0 aliphatic heterocycles. The first-order valence-electron chi connectivity index (χ1n) is 9.64. The number of hydrogen-bond acceptors (Lipinski definition) is 5. The lowest BCUT2D eigenvalue weighted by Gasteiger charge is -2.15. The third kappa shape index (κ3) is 8.09. The summed E-state index contributed by atoms with van der Waals surface area (Å²) in [5.74, 6) is 1.36. The molecule has 6 nitrogen and oxygen atoms in total. The van der Waals surface area contributed by atoms with Gasteiger partial charge in [-0.3, -0.25) is 10.1 Å². The molecule has 2 rings (SSSR count). The van der Waals surface area contributed by atoms with Crippen LogP contribution in [0.4, 0.5) is 5.69 Å². The molecule has 2 N–H and O–H groups in total. The SMILES string of the molecule is CCOCCOc1cccc(C(=O)NC(=S)Nc2ccccc2OCC(C)C)c1. The summed E-state index contributed by atoms with van der Waals surface area (Å²) < 4.78 is 16.6. The van der Waals surface area contributed by atoms with E-state index in [2.05, 4.69) is 24.5 Å². The molecule has 0 aliphatic carbocycles. The second-order valence-electron chi connectivity index (χ2n) is 6.68. The summed E-state index contributed by atoms with van der Waals surface area (Å²) >= 11 is 5.29. The van der Waals surface area contributed by atoms with Gasteiger partial charge in [0, 0.05) is 12.2 Å². The molecule has 1 amide bonds. The van der Waals surface area contributed by atoms with Crippen molar-refractivity contribution in [3.8, 4) is 11.5 Å². The molecular formula is C22H28N2O4S. The molecule has 2 aromatic rings. The van der Waals surface area contributed by atoms with Gasteiger partial charge in [0.25, 0.3) is 5.91 Å². The molecular weight excluding hydrogens is 388 g/mol. The van der Waals surface area contributed by atoms with Crippen LogP contribution in [0.25, 0.3) is 0 Å². The third-order valence-corrected chi connectivity index (χ3v) is 3.94. The van der Waals surface area contributed by atoms with Crippen LogP contribution in [-0.2, 0) is 4.74 Å². The Morgan fingerprint density at radius 2 is 1.86 bits per heavy atom. The highest BCUT2D eigenvalue weighted by Gasteiger charge is 2.11. The molecule has 7 heteroatoms. The number of carbonyl (C=O) groups is 1. The molecule has 29 heavy (non-hydrogen) atoms. The molecule has 156 valence electrons. The Bertz CT molecular complexity index is 811. The van der Waals surface area contributed by atoms with Crippen molar-refractivity contribution in [1.29, 1.82) is 0 Å². The van der Waals surface area contributed by atoms with Gasteiger partial charge in [-0.05, 0) is 55.4 Å². The van der Waals surface area contributed by atoms with Crippen molar-refractivity contribution in [3.63, 3.8) is 0 Å². The van der Waals surface area contributed by atoms with E-state index in [4.69, 9.17) is 26.4 Å². The molecule has 0 atom stereocenters. The number of hydrogen-bond donors (Lipinski definition) is 2. The number of carbonyl (C=O) groups excluding carboxylic acids is 1. The predicted octanol–water partition coefficient (Wildman–Crippen LogP) is 4.26. The fourth-order valence-electron chi connectivity index (χ4n) is 2.37. The van der Waals surface area contributed by atoms with Gasteiger partial charge < -0.3 is 19.5 Å². The van der Waals surface area contributed by atoms with Gasteiger partial charge in [0.2, 0.25) is 0 Å². The van der Waals surface area contributed by atoms with Gasteiger partial charge in [-0.25, -0.2) is 0 Å². The van der Waals surface area contributed by atoms with E-state index in [0.717, 1.165) is 0 Å². The summed E-state index contributed by atoms with van der Waals surface area (Å²) in [4.78, 5) is 12.5. The zero-order valence-corrected chi connectivity index (χ0v) is 17.9. The standard InChI is InChI=1S/C22H28N2O4S/c1-4-26-12-13-27-18-9-7-8-17(14-18)21(25)24-22(29)23-19-10-5-6-11-20(19)28-15-16(2)3/h5-11,14,16H,4,12-13,15H2,1-3H3,(H2,23,24,25,29). The number of anilines is 1. The Morgan fingerprint density at radius 1 is 1.07 bits per heavy atom. The van der Waals surface area contributed by atoms with Crippen molar-refractivity contribution in [1.82, 2.24) is 5.32 Å². The Balaban J connectivity index is 1.93. The molecule has 0 aliphatic rings.